The van der Waals surface area contributed by atoms with E-state index in [1.54, 1.807) is 13.8 Å². The van der Waals surface area contributed by atoms with E-state index in [1.807, 2.05) is 0 Å². The lowest BCUT2D eigenvalue weighted by molar-refractivity contribution is 0.321. The molecule has 96 valence electrons. The van der Waals surface area contributed by atoms with Crippen LogP contribution in [0.4, 0.5) is 10.1 Å². The Morgan fingerprint density at radius 1 is 1.44 bits per heavy atom. The molecule has 0 atom stereocenters. The molecular weight excluding hydrogens is 257 g/mol. The third kappa shape index (κ3) is 2.73. The fourth-order valence-electron chi connectivity index (χ4n) is 1.32. The normalized spacial score (nSPS) is 10.6. The molecule has 2 N–H and O–H groups in total. The maximum Gasteiger partial charge on any atom is 0.281 e. The van der Waals surface area contributed by atoms with Crippen LogP contribution >= 0.6 is 11.8 Å². The van der Waals surface area contributed by atoms with E-state index >= 15 is 0 Å². The molecule has 2 aromatic rings. The second-order valence-corrected chi connectivity index (χ2v) is 4.44. The van der Waals surface area contributed by atoms with Crippen LogP contribution in [0.15, 0.2) is 26.7 Å². The summed E-state index contributed by atoms with van der Waals surface area (Å²) < 4.78 is 23.9. The number of aromatic nitrogens is 2. The summed E-state index contributed by atoms with van der Waals surface area (Å²) >= 11 is 1.17. The van der Waals surface area contributed by atoms with E-state index in [9.17, 15) is 4.39 Å². The quantitative estimate of drug-likeness (QED) is 0.860. The highest BCUT2D eigenvalue weighted by molar-refractivity contribution is 7.99. The Morgan fingerprint density at radius 2 is 2.22 bits per heavy atom. The molecule has 0 saturated carbocycles. The van der Waals surface area contributed by atoms with Gasteiger partial charge in [-0.25, -0.2) is 4.39 Å². The van der Waals surface area contributed by atoms with Gasteiger partial charge in [-0.3, -0.25) is 0 Å². The van der Waals surface area contributed by atoms with Crippen LogP contribution in [0, 0.1) is 12.7 Å². The van der Waals surface area contributed by atoms with Crippen molar-refractivity contribution in [2.75, 3.05) is 12.3 Å². The molecule has 5 nitrogen and oxygen atoms in total. The SMILES string of the molecule is CCOc1cc(Sc2nnc(C)o2)c(N)cc1F. The summed E-state index contributed by atoms with van der Waals surface area (Å²) in [5, 5.41) is 7.90. The van der Waals surface area contributed by atoms with Crippen LogP contribution in [0.2, 0.25) is 0 Å². The minimum atomic E-state index is -0.486. The number of hydrogen-bond acceptors (Lipinski definition) is 6. The first kappa shape index (κ1) is 12.7. The zero-order valence-corrected chi connectivity index (χ0v) is 10.8. The number of nitrogen functional groups attached to an aromatic ring is 1. The van der Waals surface area contributed by atoms with Crippen molar-refractivity contribution in [1.29, 1.82) is 0 Å². The van der Waals surface area contributed by atoms with Crippen molar-refractivity contribution in [1.82, 2.24) is 10.2 Å². The molecule has 2 rings (SSSR count). The first-order valence-electron chi connectivity index (χ1n) is 5.30. The summed E-state index contributed by atoms with van der Waals surface area (Å²) in [5.74, 6) is 0.133. The summed E-state index contributed by atoms with van der Waals surface area (Å²) in [6.07, 6.45) is 0. The molecule has 0 saturated heterocycles. The summed E-state index contributed by atoms with van der Waals surface area (Å²) in [4.78, 5) is 0.614. The molecule has 1 aromatic carbocycles. The molecule has 0 aliphatic heterocycles. The minimum absolute atomic E-state index is 0.158. The van der Waals surface area contributed by atoms with Crippen molar-refractivity contribution in [3.8, 4) is 5.75 Å². The van der Waals surface area contributed by atoms with Gasteiger partial charge in [-0.15, -0.1) is 10.2 Å². The summed E-state index contributed by atoms with van der Waals surface area (Å²) in [7, 11) is 0. The Balaban J connectivity index is 2.29. The summed E-state index contributed by atoms with van der Waals surface area (Å²) in [5.41, 5.74) is 6.04. The highest BCUT2D eigenvalue weighted by Crippen LogP contribution is 2.35. The van der Waals surface area contributed by atoms with Crippen LogP contribution in [0.3, 0.4) is 0 Å². The van der Waals surface area contributed by atoms with E-state index in [1.165, 1.54) is 23.9 Å². The number of nitrogens with two attached hydrogens (primary N) is 1. The first-order valence-corrected chi connectivity index (χ1v) is 6.11. The van der Waals surface area contributed by atoms with Crippen molar-refractivity contribution >= 4 is 17.4 Å². The number of aryl methyl sites for hydroxylation is 1. The lowest BCUT2D eigenvalue weighted by Gasteiger charge is -2.08. The maximum absolute atomic E-state index is 13.5. The zero-order valence-electron chi connectivity index (χ0n) is 9.94. The third-order valence-electron chi connectivity index (χ3n) is 2.07. The van der Waals surface area contributed by atoms with E-state index in [-0.39, 0.29) is 5.75 Å². The topological polar surface area (TPSA) is 74.2 Å². The molecule has 0 aliphatic carbocycles. The van der Waals surface area contributed by atoms with E-state index in [0.717, 1.165) is 0 Å². The molecule has 7 heteroatoms. The van der Waals surface area contributed by atoms with Gasteiger partial charge in [0.2, 0.25) is 5.89 Å². The van der Waals surface area contributed by atoms with Crippen LogP contribution in [-0.4, -0.2) is 16.8 Å². The fraction of sp³-hybridized carbons (Fsp3) is 0.273. The average Bonchev–Trinajstić information content (AvgIpc) is 2.71. The van der Waals surface area contributed by atoms with E-state index in [2.05, 4.69) is 10.2 Å². The van der Waals surface area contributed by atoms with E-state index < -0.39 is 5.82 Å². The largest absolute Gasteiger partial charge is 0.491 e. The van der Waals surface area contributed by atoms with Gasteiger partial charge in [-0.2, -0.15) is 0 Å². The third-order valence-corrected chi connectivity index (χ3v) is 2.98. The standard InChI is InChI=1S/C11H12FN3O2S/c1-3-16-9-5-10(8(13)4-7(9)12)18-11-15-14-6(2)17-11/h4-5H,3,13H2,1-2H3. The Kier molecular flexibility index (Phi) is 3.71. The Labute approximate surface area is 108 Å². The van der Waals surface area contributed by atoms with Crippen LogP contribution < -0.4 is 10.5 Å². The van der Waals surface area contributed by atoms with Gasteiger partial charge in [0, 0.05) is 23.6 Å². The smallest absolute Gasteiger partial charge is 0.281 e. The van der Waals surface area contributed by atoms with Crippen molar-refractivity contribution in [3.05, 3.63) is 23.8 Å². The molecule has 1 aromatic heterocycles. The lowest BCUT2D eigenvalue weighted by atomic mass is 10.3. The number of ether oxygens (including phenoxy) is 1. The zero-order chi connectivity index (χ0) is 13.1. The van der Waals surface area contributed by atoms with Gasteiger partial charge in [0.1, 0.15) is 0 Å². The number of anilines is 1. The second-order valence-electron chi connectivity index (χ2n) is 3.44. The molecule has 0 fully saturated rings. The average molecular weight is 269 g/mol. The van der Waals surface area contributed by atoms with Crippen molar-refractivity contribution in [2.45, 2.75) is 24.0 Å². The molecule has 1 heterocycles. The molecule has 0 unspecified atom stereocenters. The number of halogens is 1. The molecule has 0 amide bonds. The van der Waals surface area contributed by atoms with Gasteiger partial charge < -0.3 is 14.9 Å². The fourth-order valence-corrected chi connectivity index (χ4v) is 2.09. The molecule has 18 heavy (non-hydrogen) atoms. The van der Waals surface area contributed by atoms with E-state index in [0.29, 0.717) is 28.3 Å². The van der Waals surface area contributed by atoms with Gasteiger partial charge in [0.25, 0.3) is 5.22 Å². The van der Waals surface area contributed by atoms with E-state index in [4.69, 9.17) is 14.9 Å². The number of benzene rings is 1. The van der Waals surface area contributed by atoms with Crippen molar-refractivity contribution in [2.24, 2.45) is 0 Å². The Morgan fingerprint density at radius 3 is 2.83 bits per heavy atom. The maximum atomic E-state index is 13.5. The van der Waals surface area contributed by atoms with Crippen LogP contribution in [-0.2, 0) is 0 Å². The summed E-state index contributed by atoms with van der Waals surface area (Å²) in [6, 6.07) is 2.74. The van der Waals surface area contributed by atoms with Crippen LogP contribution in [0.1, 0.15) is 12.8 Å². The van der Waals surface area contributed by atoms with Gasteiger partial charge in [0.15, 0.2) is 11.6 Å². The lowest BCUT2D eigenvalue weighted by Crippen LogP contribution is -1.97. The van der Waals surface area contributed by atoms with Gasteiger partial charge in [-0.05, 0) is 24.8 Å². The summed E-state index contributed by atoms with van der Waals surface area (Å²) in [6.45, 7) is 3.85. The van der Waals surface area contributed by atoms with Gasteiger partial charge in [-0.1, -0.05) is 0 Å². The first-order chi connectivity index (χ1) is 8.60. The number of rotatable bonds is 4. The predicted octanol–water partition coefficient (Wildman–Crippen LogP) is 2.65. The minimum Gasteiger partial charge on any atom is -0.491 e. The van der Waals surface area contributed by atoms with Crippen LogP contribution in [0.5, 0.6) is 5.75 Å². The molecule has 0 radical (unpaired) electrons. The number of nitrogens with zero attached hydrogens (tertiary/aromatic N) is 2. The van der Waals surface area contributed by atoms with Crippen LogP contribution in [0.25, 0.3) is 0 Å². The Bertz CT molecular complexity index is 559. The monoisotopic (exact) mass is 269 g/mol. The molecule has 0 aliphatic rings. The van der Waals surface area contributed by atoms with Crippen molar-refractivity contribution in [3.63, 3.8) is 0 Å². The highest BCUT2D eigenvalue weighted by atomic mass is 32.2. The highest BCUT2D eigenvalue weighted by Gasteiger charge is 2.13. The van der Waals surface area contributed by atoms with Crippen molar-refractivity contribution < 1.29 is 13.5 Å². The predicted molar refractivity (Wildman–Crippen MR) is 65.1 cm³/mol. The number of hydrogen-bond donors (Lipinski definition) is 1. The van der Waals surface area contributed by atoms with Gasteiger partial charge >= 0.3 is 0 Å². The Hall–Kier alpha value is -1.76. The molecule has 0 bridgehead atoms. The van der Waals surface area contributed by atoms with Gasteiger partial charge in [0.05, 0.1) is 6.61 Å². The molecular formula is C11H12FN3O2S. The second kappa shape index (κ2) is 5.26. The molecule has 0 spiro atoms.